The first kappa shape index (κ1) is 104. The van der Waals surface area contributed by atoms with E-state index in [0.29, 0.717) is 25.7 Å². The molecular formula is C87H170O17P2. The molecule has 0 saturated carbocycles. The van der Waals surface area contributed by atoms with Crippen LogP contribution in [-0.2, 0) is 65.4 Å². The summed E-state index contributed by atoms with van der Waals surface area (Å²) in [6.45, 7) is 9.70. The zero-order valence-corrected chi connectivity index (χ0v) is 71.5. The van der Waals surface area contributed by atoms with E-state index in [1.807, 2.05) is 0 Å². The van der Waals surface area contributed by atoms with Crippen LogP contribution < -0.4 is 0 Å². The second-order valence-electron chi connectivity index (χ2n) is 32.2. The second-order valence-corrected chi connectivity index (χ2v) is 35.1. The fraction of sp³-hybridized carbons (Fsp3) is 0.954. The molecule has 0 aromatic carbocycles. The molecule has 0 amide bonds. The summed E-state index contributed by atoms with van der Waals surface area (Å²) < 4.78 is 69.0. The summed E-state index contributed by atoms with van der Waals surface area (Å²) in [5.74, 6) is -0.546. The average Bonchev–Trinajstić information content (AvgIpc) is 0.901. The number of carbonyl (C=O) groups is 4. The number of rotatable bonds is 86. The molecule has 0 heterocycles. The number of aliphatic hydroxyl groups is 1. The molecule has 106 heavy (non-hydrogen) atoms. The Morgan fingerprint density at radius 1 is 0.255 bits per heavy atom. The molecule has 0 spiro atoms. The number of phosphoric ester groups is 2. The van der Waals surface area contributed by atoms with Crippen molar-refractivity contribution in [3.63, 3.8) is 0 Å². The summed E-state index contributed by atoms with van der Waals surface area (Å²) in [5.41, 5.74) is 0. The van der Waals surface area contributed by atoms with E-state index < -0.39 is 97.5 Å². The van der Waals surface area contributed by atoms with E-state index >= 15 is 0 Å². The lowest BCUT2D eigenvalue weighted by atomic mass is 10.0. The number of carbonyl (C=O) groups excluding carboxylic acids is 4. The molecule has 17 nitrogen and oxygen atoms in total. The van der Waals surface area contributed by atoms with Gasteiger partial charge in [-0.05, 0) is 37.5 Å². The number of phosphoric acid groups is 2. The SMILES string of the molecule is CCCCCCCCCCCCCCCCCCCCCC(=O)OC[C@H](COP(=O)(O)OC[C@@H](O)COP(=O)(O)OC[C@@H](COC(=O)CCCCCCCCCCCC(C)C)OC(=O)CCCCCCCCCCCCCCCCCC)OC(=O)CCCCCCCCCCCCCCCCCCC(C)C. The van der Waals surface area contributed by atoms with E-state index in [9.17, 15) is 43.2 Å². The highest BCUT2D eigenvalue weighted by Gasteiger charge is 2.30. The van der Waals surface area contributed by atoms with Crippen molar-refractivity contribution in [2.75, 3.05) is 39.6 Å². The quantitative estimate of drug-likeness (QED) is 0.0222. The largest absolute Gasteiger partial charge is 0.472 e. The van der Waals surface area contributed by atoms with Crippen LogP contribution >= 0.6 is 15.6 Å². The lowest BCUT2D eigenvalue weighted by molar-refractivity contribution is -0.161. The van der Waals surface area contributed by atoms with Gasteiger partial charge in [-0.2, -0.15) is 0 Å². The van der Waals surface area contributed by atoms with Crippen molar-refractivity contribution in [1.82, 2.24) is 0 Å². The third-order valence-corrected chi connectivity index (χ3v) is 22.4. The fourth-order valence-electron chi connectivity index (χ4n) is 13.6. The minimum Gasteiger partial charge on any atom is -0.462 e. The highest BCUT2D eigenvalue weighted by Crippen LogP contribution is 2.45. The van der Waals surface area contributed by atoms with Gasteiger partial charge in [0.2, 0.25) is 0 Å². The Bertz CT molecular complexity index is 2030. The zero-order valence-electron chi connectivity index (χ0n) is 69.7. The van der Waals surface area contributed by atoms with Crippen molar-refractivity contribution >= 4 is 39.5 Å². The summed E-state index contributed by atoms with van der Waals surface area (Å²) in [7, 11) is -9.93. The molecule has 19 heteroatoms. The molecule has 0 bridgehead atoms. The molecule has 0 rings (SSSR count). The molecular weight excluding hydrogens is 1380 g/mol. The van der Waals surface area contributed by atoms with Gasteiger partial charge >= 0.3 is 39.5 Å². The van der Waals surface area contributed by atoms with Crippen LogP contribution in [0.3, 0.4) is 0 Å². The number of aliphatic hydroxyl groups excluding tert-OH is 1. The molecule has 3 N–H and O–H groups in total. The molecule has 0 aliphatic heterocycles. The van der Waals surface area contributed by atoms with Crippen LogP contribution in [0.5, 0.6) is 0 Å². The van der Waals surface area contributed by atoms with Crippen LogP contribution in [0.15, 0.2) is 0 Å². The first-order valence-corrected chi connectivity index (χ1v) is 48.0. The van der Waals surface area contributed by atoms with Crippen molar-refractivity contribution in [2.24, 2.45) is 11.8 Å². The molecule has 0 fully saturated rings. The van der Waals surface area contributed by atoms with Crippen LogP contribution in [0.4, 0.5) is 0 Å². The van der Waals surface area contributed by atoms with Gasteiger partial charge in [-0.15, -0.1) is 0 Å². The maximum Gasteiger partial charge on any atom is 0.472 e. The summed E-state index contributed by atoms with van der Waals surface area (Å²) in [4.78, 5) is 73.3. The molecule has 0 aromatic heterocycles. The molecule has 0 aromatic rings. The highest BCUT2D eigenvalue weighted by molar-refractivity contribution is 7.47. The van der Waals surface area contributed by atoms with Gasteiger partial charge in [-0.25, -0.2) is 9.13 Å². The minimum atomic E-state index is -4.97. The van der Waals surface area contributed by atoms with Gasteiger partial charge in [-0.1, -0.05) is 414 Å². The van der Waals surface area contributed by atoms with E-state index in [2.05, 4.69) is 41.5 Å². The Morgan fingerprint density at radius 3 is 0.642 bits per heavy atom. The fourth-order valence-corrected chi connectivity index (χ4v) is 15.2. The molecule has 2 unspecified atom stereocenters. The van der Waals surface area contributed by atoms with E-state index in [1.165, 1.54) is 283 Å². The van der Waals surface area contributed by atoms with Gasteiger partial charge in [0.05, 0.1) is 26.4 Å². The van der Waals surface area contributed by atoms with Crippen LogP contribution in [-0.4, -0.2) is 96.7 Å². The van der Waals surface area contributed by atoms with Gasteiger partial charge in [0, 0.05) is 25.7 Å². The molecule has 5 atom stereocenters. The number of esters is 4. The lowest BCUT2D eigenvalue weighted by Gasteiger charge is -2.21. The Morgan fingerprint density at radius 2 is 0.434 bits per heavy atom. The summed E-state index contributed by atoms with van der Waals surface area (Å²) in [6.07, 6.45) is 70.8. The molecule has 0 radical (unpaired) electrons. The van der Waals surface area contributed by atoms with E-state index in [4.69, 9.17) is 37.0 Å². The van der Waals surface area contributed by atoms with Gasteiger partial charge in [0.25, 0.3) is 0 Å². The van der Waals surface area contributed by atoms with Crippen molar-refractivity contribution in [3.8, 4) is 0 Å². The first-order chi connectivity index (χ1) is 51.4. The van der Waals surface area contributed by atoms with Crippen LogP contribution in [0.2, 0.25) is 0 Å². The predicted octanol–water partition coefficient (Wildman–Crippen LogP) is 26.6. The zero-order chi connectivity index (χ0) is 77.8. The third-order valence-electron chi connectivity index (χ3n) is 20.5. The predicted molar refractivity (Wildman–Crippen MR) is 437 cm³/mol. The van der Waals surface area contributed by atoms with E-state index in [-0.39, 0.29) is 25.7 Å². The average molecular weight is 1550 g/mol. The van der Waals surface area contributed by atoms with Crippen molar-refractivity contribution in [2.45, 2.75) is 484 Å². The minimum absolute atomic E-state index is 0.108. The third kappa shape index (κ3) is 80.1. The number of hydrogen-bond donors (Lipinski definition) is 3. The standard InChI is InChI=1S/C87H170O17P2/c1-7-9-11-13-15-17-19-21-23-25-26-27-32-35-39-45-51-57-63-69-84(89)97-75-82(103-86(91)72-66-60-54-47-41-37-33-29-28-30-34-38-43-49-55-61-67-79(3)4)77-101-105(93,94)99-73-81(88)74-100-106(95,96)102-78-83(76-98-85(90)70-64-58-52-48-42-44-50-56-62-68-80(5)6)104-87(92)71-65-59-53-46-40-36-31-24-22-20-18-16-14-12-10-8-2/h79-83,88H,7-78H2,1-6H3,(H,93,94)(H,95,96)/t81-,82-,83-/m1/s1. The Labute approximate surface area is 651 Å². The second kappa shape index (κ2) is 78.3. The van der Waals surface area contributed by atoms with Gasteiger partial charge in [0.1, 0.15) is 19.3 Å². The maximum absolute atomic E-state index is 13.2. The van der Waals surface area contributed by atoms with Gasteiger partial charge < -0.3 is 33.8 Å². The Balaban J connectivity index is 5.25. The Kier molecular flexibility index (Phi) is 76.9. The summed E-state index contributed by atoms with van der Waals surface area (Å²) in [6, 6.07) is 0. The summed E-state index contributed by atoms with van der Waals surface area (Å²) >= 11 is 0. The maximum atomic E-state index is 13.2. The number of ether oxygens (including phenoxy) is 4. The van der Waals surface area contributed by atoms with Gasteiger partial charge in [0.15, 0.2) is 12.2 Å². The summed E-state index contributed by atoms with van der Waals surface area (Å²) in [5, 5.41) is 10.7. The van der Waals surface area contributed by atoms with Crippen molar-refractivity contribution < 1.29 is 80.2 Å². The van der Waals surface area contributed by atoms with Crippen LogP contribution in [0.1, 0.15) is 465 Å². The highest BCUT2D eigenvalue weighted by atomic mass is 31.2. The molecule has 0 saturated heterocycles. The number of hydrogen-bond acceptors (Lipinski definition) is 15. The Hall–Kier alpha value is -1.94. The van der Waals surface area contributed by atoms with Crippen molar-refractivity contribution in [1.29, 1.82) is 0 Å². The van der Waals surface area contributed by atoms with Crippen LogP contribution in [0, 0.1) is 11.8 Å². The monoisotopic (exact) mass is 1550 g/mol. The smallest absolute Gasteiger partial charge is 0.462 e. The first-order valence-electron chi connectivity index (χ1n) is 45.0. The molecule has 630 valence electrons. The van der Waals surface area contributed by atoms with E-state index in [1.54, 1.807) is 0 Å². The molecule has 0 aliphatic rings. The topological polar surface area (TPSA) is 237 Å². The number of unbranched alkanes of at least 4 members (excludes halogenated alkanes) is 56. The van der Waals surface area contributed by atoms with E-state index in [0.717, 1.165) is 102 Å². The molecule has 0 aliphatic carbocycles. The lowest BCUT2D eigenvalue weighted by Crippen LogP contribution is -2.30. The van der Waals surface area contributed by atoms with Crippen molar-refractivity contribution in [3.05, 3.63) is 0 Å². The van der Waals surface area contributed by atoms with Crippen LogP contribution in [0.25, 0.3) is 0 Å². The van der Waals surface area contributed by atoms with Gasteiger partial charge in [-0.3, -0.25) is 37.3 Å². The normalized spacial score (nSPS) is 13.8.